The number of nitrogens with two attached hydrogens (primary N) is 1. The number of nitrogen functional groups attached to an aromatic ring is 1. The lowest BCUT2D eigenvalue weighted by atomic mass is 10.2. The van der Waals surface area contributed by atoms with Crippen molar-refractivity contribution in [3.63, 3.8) is 0 Å². The van der Waals surface area contributed by atoms with E-state index in [4.69, 9.17) is 15.2 Å². The minimum absolute atomic E-state index is 0.525. The highest BCUT2D eigenvalue weighted by Gasteiger charge is 2.20. The number of nitrogens with zero attached hydrogens (tertiary/aromatic N) is 4. The highest BCUT2D eigenvalue weighted by molar-refractivity contribution is 5.80. The van der Waals surface area contributed by atoms with E-state index in [1.807, 2.05) is 18.2 Å². The number of ether oxygens (including phenoxy) is 2. The molecule has 0 aliphatic carbocycles. The van der Waals surface area contributed by atoms with Crippen molar-refractivity contribution in [3.8, 4) is 11.5 Å². The second kappa shape index (κ2) is 7.43. The Hall–Kier alpha value is -2.74. The molecular weight excluding hydrogens is 320 g/mol. The van der Waals surface area contributed by atoms with Gasteiger partial charge in [0.1, 0.15) is 23.5 Å². The van der Waals surface area contributed by atoms with Gasteiger partial charge in [0, 0.05) is 32.2 Å². The van der Waals surface area contributed by atoms with Crippen molar-refractivity contribution in [2.24, 2.45) is 0 Å². The van der Waals surface area contributed by atoms with Crippen LogP contribution in [0.5, 0.6) is 11.5 Å². The lowest BCUT2D eigenvalue weighted by Gasteiger charge is -2.33. The summed E-state index contributed by atoms with van der Waals surface area (Å²) >= 11 is 0. The predicted molar refractivity (Wildman–Crippen MR) is 99.0 cm³/mol. The van der Waals surface area contributed by atoms with Gasteiger partial charge < -0.3 is 30.3 Å². The van der Waals surface area contributed by atoms with Crippen molar-refractivity contribution < 1.29 is 9.47 Å². The fraction of sp³-hybridized carbons (Fsp3) is 0.412. The molecule has 1 saturated heterocycles. The number of rotatable bonds is 5. The van der Waals surface area contributed by atoms with Crippen molar-refractivity contribution in [1.82, 2.24) is 14.9 Å². The molecule has 8 heteroatoms. The summed E-state index contributed by atoms with van der Waals surface area (Å²) < 4.78 is 10.7. The largest absolute Gasteiger partial charge is 0.497 e. The smallest absolute Gasteiger partial charge is 0.159 e. The SMILES string of the molecule is COc1ccc(OC)c(Nc2ncnc(N3CCN(C)CC3)c2N)c1. The zero-order valence-corrected chi connectivity index (χ0v) is 14.8. The van der Waals surface area contributed by atoms with Crippen LogP contribution >= 0.6 is 0 Å². The third-order valence-electron chi connectivity index (χ3n) is 4.33. The summed E-state index contributed by atoms with van der Waals surface area (Å²) in [6.45, 7) is 3.74. The Morgan fingerprint density at radius 1 is 1.08 bits per heavy atom. The van der Waals surface area contributed by atoms with Gasteiger partial charge in [0.2, 0.25) is 0 Å². The highest BCUT2D eigenvalue weighted by atomic mass is 16.5. The standard InChI is InChI=1S/C17H24N6O2/c1-22-6-8-23(9-7-22)17-15(18)16(19-11-20-17)21-13-10-12(24-2)4-5-14(13)25-3/h4-5,10-11H,6-9,18H2,1-3H3,(H,19,20,21). The normalized spacial score (nSPS) is 15.1. The molecule has 0 radical (unpaired) electrons. The maximum Gasteiger partial charge on any atom is 0.159 e. The molecule has 134 valence electrons. The second-order valence-electron chi connectivity index (χ2n) is 5.94. The molecule has 2 heterocycles. The molecule has 1 aliphatic rings. The summed E-state index contributed by atoms with van der Waals surface area (Å²) in [4.78, 5) is 13.1. The summed E-state index contributed by atoms with van der Waals surface area (Å²) in [5, 5.41) is 3.24. The molecular formula is C17H24N6O2. The summed E-state index contributed by atoms with van der Waals surface area (Å²) in [5.74, 6) is 2.71. The highest BCUT2D eigenvalue weighted by Crippen LogP contribution is 2.34. The van der Waals surface area contributed by atoms with Gasteiger partial charge in [0.15, 0.2) is 11.6 Å². The van der Waals surface area contributed by atoms with Gasteiger partial charge in [-0.1, -0.05) is 0 Å². The molecule has 2 aromatic rings. The molecule has 3 N–H and O–H groups in total. The van der Waals surface area contributed by atoms with Crippen LogP contribution in [0.4, 0.5) is 23.0 Å². The van der Waals surface area contributed by atoms with Crippen molar-refractivity contribution in [2.45, 2.75) is 0 Å². The summed E-state index contributed by atoms with van der Waals surface area (Å²) in [5.41, 5.74) is 7.60. The molecule has 1 aromatic heterocycles. The number of aromatic nitrogens is 2. The van der Waals surface area contributed by atoms with E-state index >= 15 is 0 Å². The van der Waals surface area contributed by atoms with Crippen molar-refractivity contribution in [1.29, 1.82) is 0 Å². The van der Waals surface area contributed by atoms with E-state index in [2.05, 4.69) is 32.1 Å². The van der Waals surface area contributed by atoms with Gasteiger partial charge in [-0.15, -0.1) is 0 Å². The minimum Gasteiger partial charge on any atom is -0.497 e. The van der Waals surface area contributed by atoms with Crippen LogP contribution in [0.25, 0.3) is 0 Å². The van der Waals surface area contributed by atoms with E-state index in [1.54, 1.807) is 14.2 Å². The van der Waals surface area contributed by atoms with Gasteiger partial charge in [-0.25, -0.2) is 9.97 Å². The molecule has 0 atom stereocenters. The molecule has 0 saturated carbocycles. The van der Waals surface area contributed by atoms with Crippen LogP contribution < -0.4 is 25.4 Å². The quantitative estimate of drug-likeness (QED) is 0.845. The van der Waals surface area contributed by atoms with Gasteiger partial charge in [-0.2, -0.15) is 0 Å². The molecule has 0 unspecified atom stereocenters. The molecule has 1 fully saturated rings. The monoisotopic (exact) mass is 344 g/mol. The maximum atomic E-state index is 6.34. The van der Waals surface area contributed by atoms with E-state index in [0.717, 1.165) is 43.4 Å². The average Bonchev–Trinajstić information content (AvgIpc) is 2.64. The Balaban J connectivity index is 1.88. The number of piperazine rings is 1. The molecule has 0 spiro atoms. The third kappa shape index (κ3) is 3.69. The molecule has 3 rings (SSSR count). The van der Waals surface area contributed by atoms with Gasteiger partial charge in [-0.3, -0.25) is 0 Å². The third-order valence-corrected chi connectivity index (χ3v) is 4.33. The van der Waals surface area contributed by atoms with Gasteiger partial charge >= 0.3 is 0 Å². The summed E-state index contributed by atoms with van der Waals surface area (Å²) in [7, 11) is 5.35. The Kier molecular flexibility index (Phi) is 5.08. The maximum absolute atomic E-state index is 6.34. The Morgan fingerprint density at radius 2 is 1.84 bits per heavy atom. The topological polar surface area (TPSA) is 88.8 Å². The van der Waals surface area contributed by atoms with Crippen molar-refractivity contribution in [3.05, 3.63) is 24.5 Å². The molecule has 0 amide bonds. The minimum atomic E-state index is 0.525. The van der Waals surface area contributed by atoms with Gasteiger partial charge in [-0.05, 0) is 19.2 Å². The zero-order valence-electron chi connectivity index (χ0n) is 14.8. The first-order chi connectivity index (χ1) is 12.1. The zero-order chi connectivity index (χ0) is 17.8. The van der Waals surface area contributed by atoms with E-state index in [-0.39, 0.29) is 0 Å². The number of methoxy groups -OCH3 is 2. The first kappa shape index (κ1) is 17.1. The van der Waals surface area contributed by atoms with Crippen molar-refractivity contribution in [2.75, 3.05) is 63.4 Å². The average molecular weight is 344 g/mol. The number of nitrogens with one attached hydrogen (secondary N) is 1. The van der Waals surface area contributed by atoms with Gasteiger partial charge in [0.05, 0.1) is 19.9 Å². The van der Waals surface area contributed by atoms with Crippen LogP contribution in [0, 0.1) is 0 Å². The van der Waals surface area contributed by atoms with Crippen LogP contribution in [0.2, 0.25) is 0 Å². The van der Waals surface area contributed by atoms with Crippen LogP contribution in [-0.4, -0.2) is 62.3 Å². The van der Waals surface area contributed by atoms with Crippen LogP contribution in [0.1, 0.15) is 0 Å². The van der Waals surface area contributed by atoms with E-state index in [1.165, 1.54) is 6.33 Å². The molecule has 8 nitrogen and oxygen atoms in total. The van der Waals surface area contributed by atoms with Crippen LogP contribution in [0.15, 0.2) is 24.5 Å². The number of hydrogen-bond donors (Lipinski definition) is 2. The first-order valence-corrected chi connectivity index (χ1v) is 8.15. The number of benzene rings is 1. The predicted octanol–water partition coefficient (Wildman–Crippen LogP) is 1.57. The summed E-state index contributed by atoms with van der Waals surface area (Å²) in [6.07, 6.45) is 1.53. The number of anilines is 4. The first-order valence-electron chi connectivity index (χ1n) is 8.15. The van der Waals surface area contributed by atoms with Crippen LogP contribution in [0.3, 0.4) is 0 Å². The Bertz CT molecular complexity index is 731. The second-order valence-corrected chi connectivity index (χ2v) is 5.94. The summed E-state index contributed by atoms with van der Waals surface area (Å²) in [6, 6.07) is 5.51. The molecule has 1 aliphatic heterocycles. The molecule has 1 aromatic carbocycles. The van der Waals surface area contributed by atoms with E-state index in [0.29, 0.717) is 17.3 Å². The van der Waals surface area contributed by atoms with E-state index < -0.39 is 0 Å². The molecule has 0 bridgehead atoms. The fourth-order valence-corrected chi connectivity index (χ4v) is 2.80. The Morgan fingerprint density at radius 3 is 2.52 bits per heavy atom. The fourth-order valence-electron chi connectivity index (χ4n) is 2.80. The lowest BCUT2D eigenvalue weighted by Crippen LogP contribution is -2.45. The number of hydrogen-bond acceptors (Lipinski definition) is 8. The Labute approximate surface area is 147 Å². The van der Waals surface area contributed by atoms with Crippen LogP contribution in [-0.2, 0) is 0 Å². The lowest BCUT2D eigenvalue weighted by molar-refractivity contribution is 0.312. The molecule has 25 heavy (non-hydrogen) atoms. The van der Waals surface area contributed by atoms with E-state index in [9.17, 15) is 0 Å². The van der Waals surface area contributed by atoms with Gasteiger partial charge in [0.25, 0.3) is 0 Å². The van der Waals surface area contributed by atoms with Crippen molar-refractivity contribution >= 4 is 23.0 Å². The number of likely N-dealkylation sites (N-methyl/N-ethyl adjacent to an activating group) is 1.